The fraction of sp³-hybridized carbons (Fsp3) is 0.400. The van der Waals surface area contributed by atoms with Crippen molar-refractivity contribution < 1.29 is 8.78 Å². The number of hydrogen-bond acceptors (Lipinski definition) is 1. The highest BCUT2D eigenvalue weighted by Crippen LogP contribution is 2.21. The molecule has 4 heteroatoms. The van der Waals surface area contributed by atoms with Crippen LogP contribution in [0.3, 0.4) is 0 Å². The molecule has 0 aliphatic rings. The van der Waals surface area contributed by atoms with E-state index >= 15 is 0 Å². The molecule has 0 heterocycles. The summed E-state index contributed by atoms with van der Waals surface area (Å²) in [5.41, 5.74) is 0. The summed E-state index contributed by atoms with van der Waals surface area (Å²) in [6.07, 6.45) is 2.19. The Labute approximate surface area is 95.2 Å². The summed E-state index contributed by atoms with van der Waals surface area (Å²) < 4.78 is 25.3. The molecule has 0 atom stereocenters. The zero-order valence-corrected chi connectivity index (χ0v) is 10.0. The second-order valence-corrected chi connectivity index (χ2v) is 4.78. The van der Waals surface area contributed by atoms with Crippen LogP contribution in [0.5, 0.6) is 0 Å². The normalized spacial score (nSPS) is 10.5. The standard InChI is InChI=1S/C10H11BrF2S/c11-5-1-2-6-14-8-3-4-9(12)10(13)7-8/h3-4,7H,1-2,5-6H2. The van der Waals surface area contributed by atoms with Crippen molar-refractivity contribution in [3.05, 3.63) is 29.8 Å². The number of rotatable bonds is 5. The van der Waals surface area contributed by atoms with E-state index in [-0.39, 0.29) is 0 Å². The molecule has 1 aromatic carbocycles. The highest BCUT2D eigenvalue weighted by Gasteiger charge is 2.02. The van der Waals surface area contributed by atoms with Gasteiger partial charge in [0.15, 0.2) is 11.6 Å². The number of benzene rings is 1. The molecule has 0 saturated carbocycles. The van der Waals surface area contributed by atoms with Crippen LogP contribution < -0.4 is 0 Å². The first-order chi connectivity index (χ1) is 6.74. The van der Waals surface area contributed by atoms with Crippen LogP contribution in [-0.2, 0) is 0 Å². The summed E-state index contributed by atoms with van der Waals surface area (Å²) in [4.78, 5) is 0.790. The Balaban J connectivity index is 2.39. The lowest BCUT2D eigenvalue weighted by molar-refractivity contribution is 0.506. The quantitative estimate of drug-likeness (QED) is 0.442. The van der Waals surface area contributed by atoms with E-state index in [1.807, 2.05) is 0 Å². The van der Waals surface area contributed by atoms with E-state index in [0.29, 0.717) is 0 Å². The van der Waals surface area contributed by atoms with Crippen molar-refractivity contribution in [2.45, 2.75) is 17.7 Å². The molecule has 0 bridgehead atoms. The third kappa shape index (κ3) is 3.96. The van der Waals surface area contributed by atoms with Crippen LogP contribution >= 0.6 is 27.7 Å². The van der Waals surface area contributed by atoms with Crippen LogP contribution in [0.15, 0.2) is 23.1 Å². The molecular weight excluding hydrogens is 270 g/mol. The average Bonchev–Trinajstić information content (AvgIpc) is 2.18. The van der Waals surface area contributed by atoms with E-state index in [4.69, 9.17) is 0 Å². The monoisotopic (exact) mass is 280 g/mol. The fourth-order valence-corrected chi connectivity index (χ4v) is 2.28. The summed E-state index contributed by atoms with van der Waals surface area (Å²) >= 11 is 4.89. The molecule has 0 aliphatic carbocycles. The van der Waals surface area contributed by atoms with Crippen LogP contribution in [0.1, 0.15) is 12.8 Å². The van der Waals surface area contributed by atoms with E-state index < -0.39 is 11.6 Å². The zero-order valence-electron chi connectivity index (χ0n) is 7.60. The van der Waals surface area contributed by atoms with Gasteiger partial charge >= 0.3 is 0 Å². The molecule has 0 unspecified atom stereocenters. The lowest BCUT2D eigenvalue weighted by Gasteiger charge is -2.01. The zero-order chi connectivity index (χ0) is 10.4. The maximum atomic E-state index is 12.8. The van der Waals surface area contributed by atoms with Gasteiger partial charge in [-0.1, -0.05) is 15.9 Å². The molecule has 1 aromatic rings. The van der Waals surface area contributed by atoms with Crippen LogP contribution in [0.25, 0.3) is 0 Å². The van der Waals surface area contributed by atoms with Crippen molar-refractivity contribution >= 4 is 27.7 Å². The van der Waals surface area contributed by atoms with E-state index in [0.717, 1.165) is 28.8 Å². The van der Waals surface area contributed by atoms with E-state index in [2.05, 4.69) is 15.9 Å². The molecule has 0 aromatic heterocycles. The minimum atomic E-state index is -0.783. The maximum Gasteiger partial charge on any atom is 0.159 e. The van der Waals surface area contributed by atoms with E-state index in [9.17, 15) is 8.78 Å². The Morgan fingerprint density at radius 2 is 1.93 bits per heavy atom. The van der Waals surface area contributed by atoms with Gasteiger partial charge in [0.1, 0.15) is 0 Å². The average molecular weight is 281 g/mol. The van der Waals surface area contributed by atoms with Crippen molar-refractivity contribution in [3.8, 4) is 0 Å². The third-order valence-corrected chi connectivity index (χ3v) is 3.33. The second kappa shape index (κ2) is 6.40. The van der Waals surface area contributed by atoms with Crippen LogP contribution in [-0.4, -0.2) is 11.1 Å². The summed E-state index contributed by atoms with van der Waals surface area (Å²) in [6.45, 7) is 0. The molecule has 0 N–H and O–H groups in total. The number of alkyl halides is 1. The Morgan fingerprint density at radius 3 is 2.57 bits per heavy atom. The van der Waals surface area contributed by atoms with Gasteiger partial charge in [0, 0.05) is 10.2 Å². The summed E-state index contributed by atoms with van der Waals surface area (Å²) in [5, 5.41) is 0.991. The van der Waals surface area contributed by atoms with E-state index in [1.165, 1.54) is 12.1 Å². The van der Waals surface area contributed by atoms with Crippen molar-refractivity contribution in [1.82, 2.24) is 0 Å². The van der Waals surface area contributed by atoms with Crippen LogP contribution in [0.2, 0.25) is 0 Å². The van der Waals surface area contributed by atoms with Crippen molar-refractivity contribution in [2.24, 2.45) is 0 Å². The van der Waals surface area contributed by atoms with Gasteiger partial charge in [0.25, 0.3) is 0 Å². The van der Waals surface area contributed by atoms with Gasteiger partial charge in [-0.05, 0) is 36.8 Å². The second-order valence-electron chi connectivity index (χ2n) is 2.82. The summed E-state index contributed by atoms with van der Waals surface area (Å²) in [5.74, 6) is -0.610. The smallest absolute Gasteiger partial charge is 0.159 e. The summed E-state index contributed by atoms with van der Waals surface area (Å²) in [7, 11) is 0. The molecule has 14 heavy (non-hydrogen) atoms. The molecule has 0 amide bonds. The number of thioether (sulfide) groups is 1. The molecule has 0 aliphatic heterocycles. The lowest BCUT2D eigenvalue weighted by Crippen LogP contribution is -1.85. The minimum Gasteiger partial charge on any atom is -0.204 e. The van der Waals surface area contributed by atoms with Crippen molar-refractivity contribution in [2.75, 3.05) is 11.1 Å². The number of unbranched alkanes of at least 4 members (excludes halogenated alkanes) is 1. The molecule has 0 fully saturated rings. The predicted molar refractivity (Wildman–Crippen MR) is 60.1 cm³/mol. The first kappa shape index (κ1) is 12.0. The molecule has 0 spiro atoms. The predicted octanol–water partition coefficient (Wildman–Crippen LogP) is 4.23. The van der Waals surface area contributed by atoms with Gasteiger partial charge in [-0.3, -0.25) is 0 Å². The fourth-order valence-electron chi connectivity index (χ4n) is 0.953. The third-order valence-electron chi connectivity index (χ3n) is 1.69. The van der Waals surface area contributed by atoms with Gasteiger partial charge in [0.2, 0.25) is 0 Å². The number of hydrogen-bond donors (Lipinski definition) is 0. The molecule has 1 rings (SSSR count). The maximum absolute atomic E-state index is 12.8. The Hall–Kier alpha value is -0.0900. The molecule has 0 nitrogen and oxygen atoms in total. The Kier molecular flexibility index (Phi) is 5.48. The molecular formula is C10H11BrF2S. The van der Waals surface area contributed by atoms with Crippen LogP contribution in [0.4, 0.5) is 8.78 Å². The topological polar surface area (TPSA) is 0 Å². The Morgan fingerprint density at radius 1 is 1.14 bits per heavy atom. The van der Waals surface area contributed by atoms with E-state index in [1.54, 1.807) is 17.8 Å². The molecule has 78 valence electrons. The first-order valence-corrected chi connectivity index (χ1v) is 6.48. The van der Waals surface area contributed by atoms with Gasteiger partial charge < -0.3 is 0 Å². The van der Waals surface area contributed by atoms with Crippen molar-refractivity contribution in [1.29, 1.82) is 0 Å². The summed E-state index contributed by atoms with van der Waals surface area (Å²) in [6, 6.07) is 4.02. The Bertz CT molecular complexity index is 291. The van der Waals surface area contributed by atoms with Gasteiger partial charge in [-0.2, -0.15) is 0 Å². The largest absolute Gasteiger partial charge is 0.204 e. The number of halogens is 3. The first-order valence-electron chi connectivity index (χ1n) is 4.38. The molecule has 0 radical (unpaired) electrons. The van der Waals surface area contributed by atoms with Gasteiger partial charge in [-0.15, -0.1) is 11.8 Å². The van der Waals surface area contributed by atoms with Gasteiger partial charge in [-0.25, -0.2) is 8.78 Å². The molecule has 0 saturated heterocycles. The highest BCUT2D eigenvalue weighted by atomic mass is 79.9. The lowest BCUT2D eigenvalue weighted by atomic mass is 10.3. The SMILES string of the molecule is Fc1ccc(SCCCCBr)cc1F. The minimum absolute atomic E-state index is 0.768. The highest BCUT2D eigenvalue weighted by molar-refractivity contribution is 9.09. The van der Waals surface area contributed by atoms with Gasteiger partial charge in [0.05, 0.1) is 0 Å². The van der Waals surface area contributed by atoms with Crippen molar-refractivity contribution in [3.63, 3.8) is 0 Å². The van der Waals surface area contributed by atoms with Crippen LogP contribution in [0, 0.1) is 11.6 Å².